The molecular formula is C14H19Br2NO3. The Bertz CT molecular complexity index is 438. The Balaban J connectivity index is 2.24. The van der Waals surface area contributed by atoms with Crippen molar-refractivity contribution in [3.8, 4) is 5.75 Å². The number of rotatable bonds is 5. The van der Waals surface area contributed by atoms with Crippen molar-refractivity contribution in [2.24, 2.45) is 0 Å². The average Bonchev–Trinajstić information content (AvgIpc) is 2.29. The van der Waals surface area contributed by atoms with Gasteiger partial charge in [-0.1, -0.05) is 6.07 Å². The number of halogens is 2. The quantitative estimate of drug-likeness (QED) is 0.729. The van der Waals surface area contributed by atoms with E-state index < -0.39 is 11.7 Å². The van der Waals surface area contributed by atoms with Gasteiger partial charge in [0.05, 0.1) is 15.6 Å². The van der Waals surface area contributed by atoms with E-state index in [9.17, 15) is 4.79 Å². The number of hydrogen-bond acceptors (Lipinski definition) is 3. The van der Waals surface area contributed by atoms with E-state index in [1.54, 1.807) is 0 Å². The number of para-hydroxylation sites is 1. The molecule has 0 saturated heterocycles. The number of amides is 1. The number of alkyl carbamates (subject to hydrolysis) is 1. The first kappa shape index (κ1) is 17.3. The maximum atomic E-state index is 11.4. The highest BCUT2D eigenvalue weighted by molar-refractivity contribution is 9.11. The van der Waals surface area contributed by atoms with Gasteiger partial charge in [-0.05, 0) is 71.2 Å². The van der Waals surface area contributed by atoms with Crippen molar-refractivity contribution in [2.75, 3.05) is 13.2 Å². The van der Waals surface area contributed by atoms with Crippen LogP contribution >= 0.6 is 31.9 Å². The van der Waals surface area contributed by atoms with Gasteiger partial charge in [0.2, 0.25) is 0 Å². The van der Waals surface area contributed by atoms with Gasteiger partial charge in [-0.25, -0.2) is 4.79 Å². The van der Waals surface area contributed by atoms with Crippen LogP contribution in [0.2, 0.25) is 0 Å². The Kier molecular flexibility index (Phi) is 6.82. The molecule has 1 N–H and O–H groups in total. The summed E-state index contributed by atoms with van der Waals surface area (Å²) in [7, 11) is 0. The maximum absolute atomic E-state index is 11.4. The molecule has 4 nitrogen and oxygen atoms in total. The van der Waals surface area contributed by atoms with Crippen LogP contribution < -0.4 is 10.1 Å². The number of nitrogens with one attached hydrogen (secondary N) is 1. The van der Waals surface area contributed by atoms with Crippen LogP contribution in [0.5, 0.6) is 5.75 Å². The lowest BCUT2D eigenvalue weighted by molar-refractivity contribution is 0.0525. The minimum absolute atomic E-state index is 0.403. The van der Waals surface area contributed by atoms with Crippen LogP contribution in [0.15, 0.2) is 27.1 Å². The first-order valence-electron chi connectivity index (χ1n) is 6.33. The van der Waals surface area contributed by atoms with Crippen molar-refractivity contribution in [3.05, 3.63) is 27.1 Å². The van der Waals surface area contributed by atoms with E-state index in [1.807, 2.05) is 39.0 Å². The van der Waals surface area contributed by atoms with E-state index in [4.69, 9.17) is 9.47 Å². The Labute approximate surface area is 136 Å². The first-order valence-corrected chi connectivity index (χ1v) is 7.92. The van der Waals surface area contributed by atoms with Crippen molar-refractivity contribution < 1.29 is 14.3 Å². The lowest BCUT2D eigenvalue weighted by Gasteiger charge is -2.19. The molecule has 20 heavy (non-hydrogen) atoms. The molecule has 0 aliphatic heterocycles. The molecule has 0 atom stereocenters. The van der Waals surface area contributed by atoms with Gasteiger partial charge in [0.15, 0.2) is 0 Å². The van der Waals surface area contributed by atoms with E-state index in [0.717, 1.165) is 14.7 Å². The molecule has 0 aliphatic rings. The van der Waals surface area contributed by atoms with Crippen molar-refractivity contribution in [3.63, 3.8) is 0 Å². The largest absolute Gasteiger partial charge is 0.491 e. The molecule has 112 valence electrons. The molecule has 0 aliphatic carbocycles. The van der Waals surface area contributed by atoms with Gasteiger partial charge in [-0.2, -0.15) is 0 Å². The van der Waals surface area contributed by atoms with Crippen LogP contribution in [0.25, 0.3) is 0 Å². The van der Waals surface area contributed by atoms with Gasteiger partial charge in [-0.3, -0.25) is 0 Å². The molecule has 6 heteroatoms. The lowest BCUT2D eigenvalue weighted by Crippen LogP contribution is -2.33. The maximum Gasteiger partial charge on any atom is 0.407 e. The summed E-state index contributed by atoms with van der Waals surface area (Å²) in [6.45, 7) is 6.52. The minimum atomic E-state index is -0.472. The summed E-state index contributed by atoms with van der Waals surface area (Å²) < 4.78 is 12.6. The number of ether oxygens (including phenoxy) is 2. The van der Waals surface area contributed by atoms with E-state index in [-0.39, 0.29) is 0 Å². The summed E-state index contributed by atoms with van der Waals surface area (Å²) in [6, 6.07) is 5.75. The highest BCUT2D eigenvalue weighted by atomic mass is 79.9. The van der Waals surface area contributed by atoms with Gasteiger partial charge in [0.1, 0.15) is 11.4 Å². The normalized spacial score (nSPS) is 11.1. The predicted molar refractivity (Wildman–Crippen MR) is 86.2 cm³/mol. The van der Waals surface area contributed by atoms with E-state index >= 15 is 0 Å². The molecular weight excluding hydrogens is 390 g/mol. The number of hydrogen-bond donors (Lipinski definition) is 1. The Morgan fingerprint density at radius 1 is 1.25 bits per heavy atom. The van der Waals surface area contributed by atoms with Crippen LogP contribution in [0.3, 0.4) is 0 Å². The van der Waals surface area contributed by atoms with Crippen molar-refractivity contribution in [2.45, 2.75) is 32.8 Å². The third-order valence-corrected chi connectivity index (χ3v) is 3.40. The smallest absolute Gasteiger partial charge is 0.407 e. The van der Waals surface area contributed by atoms with E-state index in [0.29, 0.717) is 19.6 Å². The van der Waals surface area contributed by atoms with Crippen LogP contribution in [-0.2, 0) is 4.74 Å². The molecule has 1 aromatic carbocycles. The van der Waals surface area contributed by atoms with E-state index in [2.05, 4.69) is 37.2 Å². The standard InChI is InChI=1S/C14H19Br2NO3/c1-14(2,3)20-13(18)17-8-5-9-19-12-10(15)6-4-7-11(12)16/h4,6-7H,5,8-9H2,1-3H3,(H,17,18). The topological polar surface area (TPSA) is 47.6 Å². The zero-order chi connectivity index (χ0) is 15.2. The van der Waals surface area contributed by atoms with Gasteiger partial charge in [0.25, 0.3) is 0 Å². The molecule has 1 amide bonds. The van der Waals surface area contributed by atoms with Crippen LogP contribution in [0.4, 0.5) is 4.79 Å². The highest BCUT2D eigenvalue weighted by Gasteiger charge is 2.15. The zero-order valence-corrected chi connectivity index (χ0v) is 15.0. The second-order valence-corrected chi connectivity index (χ2v) is 6.89. The Hall–Kier alpha value is -0.750. The van der Waals surface area contributed by atoms with Crippen LogP contribution in [-0.4, -0.2) is 24.8 Å². The van der Waals surface area contributed by atoms with Gasteiger partial charge >= 0.3 is 6.09 Å². The van der Waals surface area contributed by atoms with Crippen LogP contribution in [0.1, 0.15) is 27.2 Å². The molecule has 0 unspecified atom stereocenters. The summed E-state index contributed by atoms with van der Waals surface area (Å²) in [4.78, 5) is 11.4. The summed E-state index contributed by atoms with van der Waals surface area (Å²) in [5, 5.41) is 2.69. The SMILES string of the molecule is CC(C)(C)OC(=O)NCCCOc1c(Br)cccc1Br. The molecule has 0 radical (unpaired) electrons. The number of benzene rings is 1. The number of carbonyl (C=O) groups excluding carboxylic acids is 1. The van der Waals surface area contributed by atoms with Gasteiger partial charge in [0, 0.05) is 6.54 Å². The third kappa shape index (κ3) is 6.61. The summed E-state index contributed by atoms with van der Waals surface area (Å²) in [5.41, 5.74) is -0.472. The summed E-state index contributed by atoms with van der Waals surface area (Å²) in [6.07, 6.45) is 0.298. The molecule has 0 spiro atoms. The Morgan fingerprint density at radius 3 is 2.40 bits per heavy atom. The molecule has 1 rings (SSSR count). The van der Waals surface area contributed by atoms with Gasteiger partial charge in [-0.15, -0.1) is 0 Å². The van der Waals surface area contributed by atoms with Crippen molar-refractivity contribution >= 4 is 38.0 Å². The molecule has 0 bridgehead atoms. The van der Waals surface area contributed by atoms with Gasteiger partial charge < -0.3 is 14.8 Å². The molecule has 1 aromatic rings. The third-order valence-electron chi connectivity index (χ3n) is 2.15. The fourth-order valence-corrected chi connectivity index (χ4v) is 2.60. The predicted octanol–water partition coefficient (Wildman–Crippen LogP) is 4.51. The summed E-state index contributed by atoms with van der Waals surface area (Å²) in [5.74, 6) is 0.768. The fraction of sp³-hybridized carbons (Fsp3) is 0.500. The number of carbonyl (C=O) groups is 1. The fourth-order valence-electron chi connectivity index (χ4n) is 1.37. The molecule has 0 heterocycles. The van der Waals surface area contributed by atoms with Crippen molar-refractivity contribution in [1.82, 2.24) is 5.32 Å². The lowest BCUT2D eigenvalue weighted by atomic mass is 10.2. The van der Waals surface area contributed by atoms with E-state index in [1.165, 1.54) is 0 Å². The second-order valence-electron chi connectivity index (χ2n) is 5.18. The minimum Gasteiger partial charge on any atom is -0.491 e. The average molecular weight is 409 g/mol. The first-order chi connectivity index (χ1) is 9.29. The molecule has 0 aromatic heterocycles. The second kappa shape index (κ2) is 7.88. The Morgan fingerprint density at radius 2 is 1.85 bits per heavy atom. The van der Waals surface area contributed by atoms with Crippen LogP contribution in [0, 0.1) is 0 Å². The monoisotopic (exact) mass is 407 g/mol. The molecule has 0 fully saturated rings. The molecule has 0 saturated carbocycles. The summed E-state index contributed by atoms with van der Waals surface area (Å²) >= 11 is 6.86. The zero-order valence-electron chi connectivity index (χ0n) is 11.8. The highest BCUT2D eigenvalue weighted by Crippen LogP contribution is 2.32. The van der Waals surface area contributed by atoms with Crippen molar-refractivity contribution in [1.29, 1.82) is 0 Å².